The first kappa shape index (κ1) is 14.4. The number of carbonyl (C=O) groups excluding carboxylic acids is 1. The third-order valence-corrected chi connectivity index (χ3v) is 4.11. The lowest BCUT2D eigenvalue weighted by molar-refractivity contribution is -0.143. The van der Waals surface area contributed by atoms with Crippen LogP contribution < -0.4 is 0 Å². The van der Waals surface area contributed by atoms with Crippen LogP contribution in [0.1, 0.15) is 31.9 Å². The van der Waals surface area contributed by atoms with Gasteiger partial charge in [-0.05, 0) is 30.4 Å². The predicted molar refractivity (Wildman–Crippen MR) is 74.0 cm³/mol. The summed E-state index contributed by atoms with van der Waals surface area (Å²) in [4.78, 5) is 11.6. The molecule has 1 fully saturated rings. The van der Waals surface area contributed by atoms with Crippen LogP contribution in [-0.2, 0) is 26.3 Å². The van der Waals surface area contributed by atoms with Crippen molar-refractivity contribution < 1.29 is 14.3 Å². The van der Waals surface area contributed by atoms with E-state index in [-0.39, 0.29) is 0 Å². The second kappa shape index (κ2) is 4.80. The van der Waals surface area contributed by atoms with Gasteiger partial charge in [0.2, 0.25) is 0 Å². The minimum Gasteiger partial charge on any atom is -0.466 e. The number of hydrogen-bond acceptors (Lipinski definition) is 3. The fourth-order valence-electron chi connectivity index (χ4n) is 2.30. The molecule has 0 amide bonds. The van der Waals surface area contributed by atoms with Gasteiger partial charge >= 0.3 is 5.97 Å². The van der Waals surface area contributed by atoms with Crippen LogP contribution in [0.5, 0.6) is 0 Å². The summed E-state index contributed by atoms with van der Waals surface area (Å²) >= 11 is 6.16. The Labute approximate surface area is 118 Å². The number of halogens is 1. The molecule has 2 rings (SSSR count). The number of epoxide rings is 1. The highest BCUT2D eigenvalue weighted by Gasteiger charge is 2.73. The van der Waals surface area contributed by atoms with Crippen molar-refractivity contribution in [3.63, 3.8) is 0 Å². The van der Waals surface area contributed by atoms with Gasteiger partial charge in [0.05, 0.1) is 7.11 Å². The van der Waals surface area contributed by atoms with Crippen LogP contribution in [0.2, 0.25) is 0 Å². The first-order valence-corrected chi connectivity index (χ1v) is 6.78. The van der Waals surface area contributed by atoms with Crippen molar-refractivity contribution in [3.8, 4) is 0 Å². The molecule has 2 atom stereocenters. The average molecular weight is 283 g/mol. The van der Waals surface area contributed by atoms with Gasteiger partial charge in [-0.1, -0.05) is 49.7 Å². The Morgan fingerprint density at radius 3 is 2.42 bits per heavy atom. The predicted octanol–water partition coefficient (Wildman–Crippen LogP) is 3.24. The van der Waals surface area contributed by atoms with E-state index in [0.717, 1.165) is 12.0 Å². The molecule has 1 aliphatic rings. The van der Waals surface area contributed by atoms with E-state index < -0.39 is 16.6 Å². The van der Waals surface area contributed by atoms with Gasteiger partial charge in [0.15, 0.2) is 0 Å². The minimum atomic E-state index is -1.39. The zero-order valence-corrected chi connectivity index (χ0v) is 12.5. The van der Waals surface area contributed by atoms with E-state index in [1.54, 1.807) is 6.92 Å². The summed E-state index contributed by atoms with van der Waals surface area (Å²) in [6.45, 7) is 6.16. The van der Waals surface area contributed by atoms with E-state index in [4.69, 9.17) is 16.3 Å². The third-order valence-electron chi connectivity index (χ3n) is 3.51. The van der Waals surface area contributed by atoms with Gasteiger partial charge in [-0.2, -0.15) is 0 Å². The molecule has 3 nitrogen and oxygen atoms in total. The Morgan fingerprint density at radius 2 is 1.95 bits per heavy atom. The lowest BCUT2D eigenvalue weighted by atomic mass is 9.94. The molecular weight excluding hydrogens is 264 g/mol. The highest BCUT2D eigenvalue weighted by Crippen LogP contribution is 2.58. The SMILES string of the molecule is COC(=O)C1(Cl)OC1(C)c1ccc(CC(C)C)cc1. The van der Waals surface area contributed by atoms with Crippen LogP contribution in [0.15, 0.2) is 24.3 Å². The quantitative estimate of drug-likeness (QED) is 0.483. The Hall–Kier alpha value is -1.06. The molecule has 1 aliphatic heterocycles. The van der Waals surface area contributed by atoms with Gasteiger partial charge in [-0.25, -0.2) is 4.79 Å². The Morgan fingerprint density at radius 1 is 1.37 bits per heavy atom. The first-order chi connectivity index (χ1) is 8.83. The van der Waals surface area contributed by atoms with E-state index >= 15 is 0 Å². The van der Waals surface area contributed by atoms with Crippen molar-refractivity contribution in [2.45, 2.75) is 37.9 Å². The molecular formula is C15H19ClO3. The molecule has 1 saturated heterocycles. The van der Waals surface area contributed by atoms with Crippen molar-refractivity contribution in [2.24, 2.45) is 5.92 Å². The number of methoxy groups -OCH3 is 1. The minimum absolute atomic E-state index is 0.553. The monoisotopic (exact) mass is 282 g/mol. The number of rotatable bonds is 4. The van der Waals surface area contributed by atoms with Crippen LogP contribution in [0.25, 0.3) is 0 Å². The van der Waals surface area contributed by atoms with E-state index in [1.807, 2.05) is 12.1 Å². The maximum Gasteiger partial charge on any atom is 0.357 e. The number of benzene rings is 1. The highest BCUT2D eigenvalue weighted by molar-refractivity contribution is 6.35. The molecule has 1 aromatic carbocycles. The molecule has 4 heteroatoms. The van der Waals surface area contributed by atoms with E-state index in [1.165, 1.54) is 12.7 Å². The van der Waals surface area contributed by atoms with Gasteiger partial charge in [-0.3, -0.25) is 0 Å². The summed E-state index contributed by atoms with van der Waals surface area (Å²) in [6.07, 6.45) is 1.03. The zero-order valence-electron chi connectivity index (χ0n) is 11.7. The molecule has 0 aromatic heterocycles. The molecule has 0 saturated carbocycles. The molecule has 0 spiro atoms. The van der Waals surface area contributed by atoms with Gasteiger partial charge in [0.25, 0.3) is 5.06 Å². The van der Waals surface area contributed by atoms with Crippen molar-refractivity contribution in [1.29, 1.82) is 0 Å². The van der Waals surface area contributed by atoms with E-state index in [9.17, 15) is 4.79 Å². The number of hydrogen-bond donors (Lipinski definition) is 0. The standard InChI is InChI=1S/C15H19ClO3/c1-10(2)9-11-5-7-12(8-6-11)14(3)15(16,19-14)13(17)18-4/h5-8,10H,9H2,1-4H3. The third kappa shape index (κ3) is 2.37. The number of carbonyl (C=O) groups is 1. The molecule has 0 aliphatic carbocycles. The summed E-state index contributed by atoms with van der Waals surface area (Å²) < 4.78 is 10.1. The largest absolute Gasteiger partial charge is 0.466 e. The highest BCUT2D eigenvalue weighted by atomic mass is 35.5. The molecule has 1 aromatic rings. The number of alkyl halides is 1. The van der Waals surface area contributed by atoms with Crippen molar-refractivity contribution in [2.75, 3.05) is 7.11 Å². The van der Waals surface area contributed by atoms with Gasteiger partial charge < -0.3 is 9.47 Å². The summed E-state index contributed by atoms with van der Waals surface area (Å²) in [7, 11) is 1.31. The van der Waals surface area contributed by atoms with Crippen LogP contribution in [0.4, 0.5) is 0 Å². The molecule has 2 unspecified atom stereocenters. The summed E-state index contributed by atoms with van der Waals surface area (Å²) in [6, 6.07) is 8.03. The van der Waals surface area contributed by atoms with Crippen molar-refractivity contribution in [1.82, 2.24) is 0 Å². The molecule has 0 bridgehead atoms. The smallest absolute Gasteiger partial charge is 0.357 e. The Kier molecular flexibility index (Phi) is 3.63. The second-order valence-corrected chi connectivity index (χ2v) is 6.05. The van der Waals surface area contributed by atoms with Gasteiger partial charge in [0, 0.05) is 0 Å². The Balaban J connectivity index is 2.18. The normalized spacial score (nSPS) is 29.4. The molecule has 104 valence electrons. The fourth-order valence-corrected chi connectivity index (χ4v) is 2.64. The van der Waals surface area contributed by atoms with Gasteiger partial charge in [0.1, 0.15) is 5.60 Å². The topological polar surface area (TPSA) is 38.8 Å². The summed E-state index contributed by atoms with van der Waals surface area (Å²) in [5.41, 5.74) is 1.35. The Bertz CT molecular complexity index is 483. The summed E-state index contributed by atoms with van der Waals surface area (Å²) in [5.74, 6) is 0.0590. The maximum absolute atomic E-state index is 11.6. The molecule has 1 heterocycles. The van der Waals surface area contributed by atoms with E-state index in [0.29, 0.717) is 5.92 Å². The van der Waals surface area contributed by atoms with Crippen LogP contribution >= 0.6 is 11.6 Å². The second-order valence-electron chi connectivity index (χ2n) is 5.52. The van der Waals surface area contributed by atoms with Crippen LogP contribution in [-0.4, -0.2) is 18.1 Å². The summed E-state index contributed by atoms with van der Waals surface area (Å²) in [5, 5.41) is -1.39. The lowest BCUT2D eigenvalue weighted by Crippen LogP contribution is -2.26. The molecule has 19 heavy (non-hydrogen) atoms. The van der Waals surface area contributed by atoms with Gasteiger partial charge in [-0.15, -0.1) is 0 Å². The molecule has 0 N–H and O–H groups in total. The molecule has 0 radical (unpaired) electrons. The van der Waals surface area contributed by atoms with E-state index in [2.05, 4.69) is 30.7 Å². The van der Waals surface area contributed by atoms with Crippen LogP contribution in [0.3, 0.4) is 0 Å². The fraction of sp³-hybridized carbons (Fsp3) is 0.533. The van der Waals surface area contributed by atoms with Crippen molar-refractivity contribution >= 4 is 17.6 Å². The lowest BCUT2D eigenvalue weighted by Gasteiger charge is -2.11. The number of esters is 1. The van der Waals surface area contributed by atoms with Crippen molar-refractivity contribution in [3.05, 3.63) is 35.4 Å². The first-order valence-electron chi connectivity index (χ1n) is 6.40. The zero-order chi connectivity index (χ0) is 14.3. The number of ether oxygens (including phenoxy) is 2. The van der Waals surface area contributed by atoms with Crippen LogP contribution in [0, 0.1) is 5.92 Å². The average Bonchev–Trinajstić information content (AvgIpc) is 2.94. The maximum atomic E-state index is 11.6.